The second-order valence-corrected chi connectivity index (χ2v) is 5.37. The van der Waals surface area contributed by atoms with E-state index < -0.39 is 0 Å². The normalized spacial score (nSPS) is 21.8. The van der Waals surface area contributed by atoms with Gasteiger partial charge in [0.15, 0.2) is 0 Å². The predicted molar refractivity (Wildman–Crippen MR) is 71.9 cm³/mol. The van der Waals surface area contributed by atoms with Crippen LogP contribution >= 0.6 is 23.2 Å². The second-order valence-electron chi connectivity index (χ2n) is 4.58. The molecule has 2 N–H and O–H groups in total. The maximum atomic E-state index is 6.21. The molecule has 0 amide bonds. The Kier molecular flexibility index (Phi) is 3.58. The summed E-state index contributed by atoms with van der Waals surface area (Å²) in [5.74, 6) is 0.668. The van der Waals surface area contributed by atoms with E-state index in [1.807, 2.05) is 6.07 Å². The summed E-state index contributed by atoms with van der Waals surface area (Å²) < 4.78 is 6.10. The first-order chi connectivity index (χ1) is 8.03. The lowest BCUT2D eigenvalue weighted by Gasteiger charge is -2.40. The van der Waals surface area contributed by atoms with Crippen LogP contribution in [0.2, 0.25) is 10.0 Å². The fourth-order valence-electron chi connectivity index (χ4n) is 2.39. The fraction of sp³-hybridized carbons (Fsp3) is 0.538. The van der Waals surface area contributed by atoms with Crippen LogP contribution < -0.4 is 10.5 Å². The van der Waals surface area contributed by atoms with Crippen molar-refractivity contribution in [2.75, 3.05) is 0 Å². The number of halogens is 2. The molecule has 2 nitrogen and oxygen atoms in total. The number of rotatable bonds is 2. The van der Waals surface area contributed by atoms with Crippen LogP contribution in [0.3, 0.4) is 0 Å². The van der Waals surface area contributed by atoms with E-state index in [4.69, 9.17) is 33.7 Å². The summed E-state index contributed by atoms with van der Waals surface area (Å²) in [6, 6.07) is 3.65. The SMILES string of the molecule is CCC1(CC)C[C@@H](N)c2ccc(Cl)c(Cl)c2O1. The Hall–Kier alpha value is -0.440. The van der Waals surface area contributed by atoms with Crippen LogP contribution in [0.4, 0.5) is 0 Å². The molecule has 1 atom stereocenters. The minimum absolute atomic E-state index is 0.0339. The highest BCUT2D eigenvalue weighted by Gasteiger charge is 2.38. The Bertz CT molecular complexity index is 430. The van der Waals surface area contributed by atoms with E-state index in [-0.39, 0.29) is 11.6 Å². The van der Waals surface area contributed by atoms with Crippen molar-refractivity contribution in [3.8, 4) is 5.75 Å². The van der Waals surface area contributed by atoms with Gasteiger partial charge in [0, 0.05) is 18.0 Å². The van der Waals surface area contributed by atoms with Crippen molar-refractivity contribution >= 4 is 23.2 Å². The second kappa shape index (κ2) is 4.68. The molecule has 1 aliphatic heterocycles. The topological polar surface area (TPSA) is 35.2 Å². The molecule has 94 valence electrons. The summed E-state index contributed by atoms with van der Waals surface area (Å²) in [5.41, 5.74) is 6.96. The Balaban J connectivity index is 2.51. The zero-order valence-corrected chi connectivity index (χ0v) is 11.6. The molecule has 0 saturated carbocycles. The summed E-state index contributed by atoms with van der Waals surface area (Å²) >= 11 is 12.2. The fourth-order valence-corrected chi connectivity index (χ4v) is 2.75. The van der Waals surface area contributed by atoms with E-state index in [0.717, 1.165) is 24.8 Å². The molecule has 0 bridgehead atoms. The quantitative estimate of drug-likeness (QED) is 0.870. The van der Waals surface area contributed by atoms with E-state index in [0.29, 0.717) is 15.8 Å². The van der Waals surface area contributed by atoms with Crippen molar-refractivity contribution in [1.29, 1.82) is 0 Å². The van der Waals surface area contributed by atoms with E-state index >= 15 is 0 Å². The first-order valence-corrected chi connectivity index (χ1v) is 6.71. The van der Waals surface area contributed by atoms with Gasteiger partial charge in [0.25, 0.3) is 0 Å². The molecule has 1 heterocycles. The zero-order valence-electron chi connectivity index (χ0n) is 10.1. The third kappa shape index (κ3) is 2.14. The van der Waals surface area contributed by atoms with Gasteiger partial charge in [-0.25, -0.2) is 0 Å². The van der Waals surface area contributed by atoms with Gasteiger partial charge in [-0.05, 0) is 18.9 Å². The van der Waals surface area contributed by atoms with Crippen LogP contribution in [0.15, 0.2) is 12.1 Å². The van der Waals surface area contributed by atoms with E-state index in [2.05, 4.69) is 13.8 Å². The third-order valence-electron chi connectivity index (χ3n) is 3.68. The molecule has 0 spiro atoms. The molecule has 4 heteroatoms. The Labute approximate surface area is 112 Å². The van der Waals surface area contributed by atoms with E-state index in [1.54, 1.807) is 6.07 Å². The minimum Gasteiger partial charge on any atom is -0.485 e. The van der Waals surface area contributed by atoms with Crippen LogP contribution in [-0.4, -0.2) is 5.60 Å². The monoisotopic (exact) mass is 273 g/mol. The first-order valence-electron chi connectivity index (χ1n) is 5.95. The molecular formula is C13H17Cl2NO. The molecule has 2 rings (SSSR count). The molecular weight excluding hydrogens is 257 g/mol. The van der Waals surface area contributed by atoms with Crippen molar-refractivity contribution < 1.29 is 4.74 Å². The Morgan fingerprint density at radius 1 is 1.35 bits per heavy atom. The lowest BCUT2D eigenvalue weighted by molar-refractivity contribution is 0.0283. The van der Waals surface area contributed by atoms with E-state index in [1.165, 1.54) is 0 Å². The maximum Gasteiger partial charge on any atom is 0.145 e. The van der Waals surface area contributed by atoms with Crippen LogP contribution in [0.25, 0.3) is 0 Å². The maximum absolute atomic E-state index is 6.21. The van der Waals surface area contributed by atoms with Gasteiger partial charge < -0.3 is 10.5 Å². The highest BCUT2D eigenvalue weighted by Crippen LogP contribution is 2.47. The number of nitrogens with two attached hydrogens (primary N) is 1. The van der Waals surface area contributed by atoms with Crippen molar-refractivity contribution in [1.82, 2.24) is 0 Å². The van der Waals surface area contributed by atoms with Crippen LogP contribution in [0.1, 0.15) is 44.7 Å². The molecule has 1 aromatic carbocycles. The summed E-state index contributed by atoms with van der Waals surface area (Å²) in [4.78, 5) is 0. The highest BCUT2D eigenvalue weighted by molar-refractivity contribution is 6.43. The predicted octanol–water partition coefficient (Wildman–Crippen LogP) is 4.33. The van der Waals surface area contributed by atoms with Gasteiger partial charge in [0.05, 0.1) is 5.02 Å². The molecule has 0 aromatic heterocycles. The van der Waals surface area contributed by atoms with E-state index in [9.17, 15) is 0 Å². The van der Waals surface area contributed by atoms with Crippen molar-refractivity contribution in [3.63, 3.8) is 0 Å². The Morgan fingerprint density at radius 2 is 2.00 bits per heavy atom. The summed E-state index contributed by atoms with van der Waals surface area (Å²) in [7, 11) is 0. The number of benzene rings is 1. The highest BCUT2D eigenvalue weighted by atomic mass is 35.5. The summed E-state index contributed by atoms with van der Waals surface area (Å²) in [6.07, 6.45) is 2.66. The van der Waals surface area contributed by atoms with Crippen molar-refractivity contribution in [3.05, 3.63) is 27.7 Å². The Morgan fingerprint density at radius 3 is 2.59 bits per heavy atom. The number of hydrogen-bond donors (Lipinski definition) is 1. The molecule has 0 saturated heterocycles. The van der Waals surface area contributed by atoms with Crippen molar-refractivity contribution in [2.45, 2.75) is 44.8 Å². The average Bonchev–Trinajstić information content (AvgIpc) is 2.34. The lowest BCUT2D eigenvalue weighted by Crippen LogP contribution is -2.42. The number of hydrogen-bond acceptors (Lipinski definition) is 2. The van der Waals surface area contributed by atoms with Crippen LogP contribution in [-0.2, 0) is 0 Å². The molecule has 17 heavy (non-hydrogen) atoms. The van der Waals surface area contributed by atoms with Gasteiger partial charge in [-0.15, -0.1) is 0 Å². The summed E-state index contributed by atoms with van der Waals surface area (Å²) in [5, 5.41) is 0.992. The summed E-state index contributed by atoms with van der Waals surface area (Å²) in [6.45, 7) is 4.22. The molecule has 0 radical (unpaired) electrons. The largest absolute Gasteiger partial charge is 0.485 e. The van der Waals surface area contributed by atoms with Gasteiger partial charge in [-0.1, -0.05) is 43.1 Å². The zero-order chi connectivity index (χ0) is 12.6. The molecule has 0 unspecified atom stereocenters. The number of fused-ring (bicyclic) bond motifs is 1. The standard InChI is InChI=1S/C13H17Cl2NO/c1-3-13(4-2)7-10(16)8-5-6-9(14)11(15)12(8)17-13/h5-6,10H,3-4,7,16H2,1-2H3/t10-/m1/s1. The van der Waals surface area contributed by atoms with Gasteiger partial charge in [0.1, 0.15) is 16.4 Å². The molecule has 1 aromatic rings. The average molecular weight is 274 g/mol. The lowest BCUT2D eigenvalue weighted by atomic mass is 9.84. The minimum atomic E-state index is -0.208. The van der Waals surface area contributed by atoms with Gasteiger partial charge in [0.2, 0.25) is 0 Å². The number of ether oxygens (including phenoxy) is 1. The molecule has 0 fully saturated rings. The van der Waals surface area contributed by atoms with Gasteiger partial charge >= 0.3 is 0 Å². The third-order valence-corrected chi connectivity index (χ3v) is 4.47. The van der Waals surface area contributed by atoms with Gasteiger partial charge in [-0.3, -0.25) is 0 Å². The first kappa shape index (κ1) is 13.0. The molecule has 1 aliphatic rings. The van der Waals surface area contributed by atoms with Crippen molar-refractivity contribution in [2.24, 2.45) is 5.73 Å². The van der Waals surface area contributed by atoms with Crippen LogP contribution in [0, 0.1) is 0 Å². The van der Waals surface area contributed by atoms with Gasteiger partial charge in [-0.2, -0.15) is 0 Å². The molecule has 0 aliphatic carbocycles. The van der Waals surface area contributed by atoms with Crippen LogP contribution in [0.5, 0.6) is 5.75 Å². The smallest absolute Gasteiger partial charge is 0.145 e.